The lowest BCUT2D eigenvalue weighted by Gasteiger charge is -2.39. The van der Waals surface area contributed by atoms with Gasteiger partial charge in [-0.2, -0.15) is 0 Å². The molecule has 1 fully saturated rings. The van der Waals surface area contributed by atoms with E-state index in [1.165, 1.54) is 24.8 Å². The summed E-state index contributed by atoms with van der Waals surface area (Å²) in [5, 5.41) is 20.4. The van der Waals surface area contributed by atoms with Gasteiger partial charge in [0, 0.05) is 37.0 Å². The molecule has 0 radical (unpaired) electrons. The Morgan fingerprint density at radius 3 is 2.60 bits per heavy atom. The molecule has 2 aliphatic heterocycles. The number of carbonyl (C=O) groups excluding carboxylic acids is 1. The number of hydrogen-bond acceptors (Lipinski definition) is 8. The Morgan fingerprint density at radius 2 is 1.91 bits per heavy atom. The van der Waals surface area contributed by atoms with Gasteiger partial charge in [0.05, 0.1) is 24.2 Å². The maximum absolute atomic E-state index is 14.3. The minimum atomic E-state index is -4.19. The maximum Gasteiger partial charge on any atom is 0.407 e. The average molecular weight is 660 g/mol. The predicted molar refractivity (Wildman–Crippen MR) is 174 cm³/mol. The second-order valence-electron chi connectivity index (χ2n) is 12.7. The minimum absolute atomic E-state index is 0.0655. The lowest BCUT2D eigenvalue weighted by atomic mass is 9.87. The molecule has 2 amide bonds. The second-order valence-corrected chi connectivity index (χ2v) is 14.5. The largest absolute Gasteiger partial charge is 0.465 e. The first-order valence-corrected chi connectivity index (χ1v) is 16.8. The molecular formula is C34H37N5O7S. The zero-order valence-electron chi connectivity index (χ0n) is 26.7. The summed E-state index contributed by atoms with van der Waals surface area (Å²) in [5.74, 6) is -0.448. The highest BCUT2D eigenvalue weighted by Crippen LogP contribution is 2.39. The van der Waals surface area contributed by atoms with E-state index in [4.69, 9.17) is 9.72 Å². The summed E-state index contributed by atoms with van der Waals surface area (Å²) in [4.78, 5) is 41.0. The zero-order chi connectivity index (χ0) is 33.8. The van der Waals surface area contributed by atoms with Crippen LogP contribution in [0.4, 0.5) is 4.79 Å². The molecule has 6 rings (SSSR count). The molecule has 1 saturated heterocycles. The molecule has 2 aliphatic rings. The number of carboxylic acid groups (broad SMARTS) is 1. The SMILES string of the molecule is C=C(C)c1c[nH]c2nc(S(=O)(=O)c3cccc(C)c3)c(-c3cc4c(c([C@@H]5COCCN5C(=O)O)c3)CN(C(=O)C(C)(C)O)CC4)nc12. The molecule has 2 aromatic heterocycles. The van der Waals surface area contributed by atoms with Gasteiger partial charge in [0.15, 0.2) is 10.7 Å². The molecule has 13 heteroatoms. The number of nitrogens with one attached hydrogen (secondary N) is 1. The first-order chi connectivity index (χ1) is 22.2. The molecule has 12 nitrogen and oxygen atoms in total. The van der Waals surface area contributed by atoms with Crippen LogP contribution in [-0.2, 0) is 32.3 Å². The number of benzene rings is 2. The third kappa shape index (κ3) is 5.90. The Labute approximate surface area is 272 Å². The van der Waals surface area contributed by atoms with Crippen LogP contribution in [0, 0.1) is 6.92 Å². The number of sulfone groups is 1. The number of amides is 2. The summed E-state index contributed by atoms with van der Waals surface area (Å²) >= 11 is 0. The highest BCUT2D eigenvalue weighted by atomic mass is 32.2. The topological polar surface area (TPSA) is 166 Å². The van der Waals surface area contributed by atoms with Gasteiger partial charge in [0.25, 0.3) is 5.91 Å². The summed E-state index contributed by atoms with van der Waals surface area (Å²) in [6, 6.07) is 9.42. The molecule has 246 valence electrons. The summed E-state index contributed by atoms with van der Waals surface area (Å²) in [7, 11) is -4.19. The summed E-state index contributed by atoms with van der Waals surface area (Å²) in [5.41, 5.74) is 3.95. The standard InChI is InChI=1S/C34H37N5O7S/c1-19(2)25-16-35-30-29(25)36-28(31(37-30)47(44,45)23-8-6-7-20(3)13-23)22-14-21-9-10-38(32(40)34(4,5)43)17-26(21)24(15-22)27-18-46-12-11-39(27)33(41)42/h6-8,13-16,27,43H,1,9-12,17-18H2,2-5H3,(H,35,37)(H,41,42)/t27-/m0/s1. The molecule has 1 atom stereocenters. The van der Waals surface area contributed by atoms with E-state index >= 15 is 0 Å². The number of fused-ring (bicyclic) bond motifs is 2. The van der Waals surface area contributed by atoms with E-state index in [-0.39, 0.29) is 47.6 Å². The van der Waals surface area contributed by atoms with Crippen molar-refractivity contribution in [3.63, 3.8) is 0 Å². The number of aromatic amines is 1. The van der Waals surface area contributed by atoms with Crippen molar-refractivity contribution in [2.75, 3.05) is 26.3 Å². The molecule has 0 aliphatic carbocycles. The lowest BCUT2D eigenvalue weighted by Crippen LogP contribution is -2.48. The molecule has 0 spiro atoms. The fourth-order valence-corrected chi connectivity index (χ4v) is 7.75. The molecule has 0 bridgehead atoms. The number of aromatic nitrogens is 3. The van der Waals surface area contributed by atoms with E-state index < -0.39 is 33.5 Å². The van der Waals surface area contributed by atoms with E-state index in [0.717, 1.165) is 16.7 Å². The number of aliphatic hydroxyl groups is 1. The highest BCUT2D eigenvalue weighted by Gasteiger charge is 2.37. The van der Waals surface area contributed by atoms with Crippen molar-refractivity contribution in [3.05, 3.63) is 77.0 Å². The van der Waals surface area contributed by atoms with Crippen LogP contribution in [0.25, 0.3) is 28.0 Å². The number of carbonyl (C=O) groups is 2. The van der Waals surface area contributed by atoms with Crippen molar-refractivity contribution >= 4 is 38.6 Å². The number of hydrogen-bond donors (Lipinski definition) is 3. The molecule has 2 aromatic carbocycles. The van der Waals surface area contributed by atoms with Gasteiger partial charge in [0.1, 0.15) is 16.8 Å². The number of allylic oxidation sites excluding steroid dienone is 1. The maximum atomic E-state index is 14.3. The van der Waals surface area contributed by atoms with Crippen LogP contribution in [0.1, 0.15) is 54.6 Å². The molecule has 0 unspecified atom stereocenters. The van der Waals surface area contributed by atoms with Crippen LogP contribution in [0.15, 0.2) is 59.1 Å². The summed E-state index contributed by atoms with van der Waals surface area (Å²) < 4.78 is 34.3. The van der Waals surface area contributed by atoms with Crippen molar-refractivity contribution in [1.29, 1.82) is 0 Å². The fourth-order valence-electron chi connectivity index (χ4n) is 6.29. The van der Waals surface area contributed by atoms with Crippen LogP contribution in [0.2, 0.25) is 0 Å². The third-order valence-electron chi connectivity index (χ3n) is 8.68. The quantitative estimate of drug-likeness (QED) is 0.270. The molecule has 47 heavy (non-hydrogen) atoms. The van der Waals surface area contributed by atoms with E-state index in [1.54, 1.807) is 42.3 Å². The van der Waals surface area contributed by atoms with E-state index in [9.17, 15) is 28.2 Å². The van der Waals surface area contributed by atoms with Crippen LogP contribution < -0.4 is 0 Å². The Balaban J connectivity index is 1.62. The van der Waals surface area contributed by atoms with Gasteiger partial charge in [-0.25, -0.2) is 23.2 Å². The molecule has 3 N–H and O–H groups in total. The van der Waals surface area contributed by atoms with Crippen LogP contribution in [-0.4, -0.2) is 87.3 Å². The monoisotopic (exact) mass is 659 g/mol. The van der Waals surface area contributed by atoms with Gasteiger partial charge in [-0.15, -0.1) is 0 Å². The second kappa shape index (κ2) is 11.9. The first kappa shape index (κ1) is 32.4. The third-order valence-corrected chi connectivity index (χ3v) is 10.3. The van der Waals surface area contributed by atoms with Crippen LogP contribution in [0.3, 0.4) is 0 Å². The van der Waals surface area contributed by atoms with Crippen molar-refractivity contribution in [3.8, 4) is 11.3 Å². The molecular weight excluding hydrogens is 622 g/mol. The molecule has 4 aromatic rings. The molecule has 0 saturated carbocycles. The van der Waals surface area contributed by atoms with E-state index in [0.29, 0.717) is 40.7 Å². The zero-order valence-corrected chi connectivity index (χ0v) is 27.5. The van der Waals surface area contributed by atoms with E-state index in [1.807, 2.05) is 13.0 Å². The summed E-state index contributed by atoms with van der Waals surface area (Å²) in [6.45, 7) is 11.4. The van der Waals surface area contributed by atoms with Crippen LogP contribution in [0.5, 0.6) is 0 Å². The van der Waals surface area contributed by atoms with Crippen molar-refractivity contribution in [1.82, 2.24) is 24.8 Å². The van der Waals surface area contributed by atoms with Crippen LogP contribution >= 0.6 is 0 Å². The van der Waals surface area contributed by atoms with E-state index in [2.05, 4.69) is 16.5 Å². The summed E-state index contributed by atoms with van der Waals surface area (Å²) in [6.07, 6.45) is 0.950. The highest BCUT2D eigenvalue weighted by molar-refractivity contribution is 7.91. The Kier molecular flexibility index (Phi) is 8.19. The normalized spacial score (nSPS) is 17.1. The Bertz CT molecular complexity index is 2050. The van der Waals surface area contributed by atoms with Gasteiger partial charge < -0.3 is 24.8 Å². The number of H-pyrrole nitrogens is 1. The fraction of sp³-hybridized carbons (Fsp3) is 0.353. The lowest BCUT2D eigenvalue weighted by molar-refractivity contribution is -0.148. The number of morpholine rings is 1. The van der Waals surface area contributed by atoms with Gasteiger partial charge in [0.2, 0.25) is 9.84 Å². The number of ether oxygens (including phenoxy) is 1. The van der Waals surface area contributed by atoms with Gasteiger partial charge in [-0.05, 0) is 86.2 Å². The average Bonchev–Trinajstić information content (AvgIpc) is 3.46. The predicted octanol–water partition coefficient (Wildman–Crippen LogP) is 4.51. The Morgan fingerprint density at radius 1 is 1.15 bits per heavy atom. The smallest absolute Gasteiger partial charge is 0.407 e. The molecule has 4 heterocycles. The van der Waals surface area contributed by atoms with Crippen molar-refractivity contribution in [2.45, 2.75) is 62.2 Å². The van der Waals surface area contributed by atoms with Gasteiger partial charge >= 0.3 is 6.09 Å². The van der Waals surface area contributed by atoms with Gasteiger partial charge in [-0.1, -0.05) is 18.7 Å². The number of nitrogens with zero attached hydrogens (tertiary/aromatic N) is 4. The Hall–Kier alpha value is -4.59. The first-order valence-electron chi connectivity index (χ1n) is 15.3. The number of aryl methyl sites for hydroxylation is 1. The van der Waals surface area contributed by atoms with Crippen molar-refractivity contribution in [2.24, 2.45) is 0 Å². The minimum Gasteiger partial charge on any atom is -0.465 e. The van der Waals surface area contributed by atoms with Gasteiger partial charge in [-0.3, -0.25) is 9.69 Å². The van der Waals surface area contributed by atoms with Crippen molar-refractivity contribution < 1.29 is 33.0 Å². The number of rotatable bonds is 6.